The number of aromatic hydroxyl groups is 1. The van der Waals surface area contributed by atoms with E-state index in [0.717, 1.165) is 37.7 Å². The van der Waals surface area contributed by atoms with Crippen LogP contribution in [0.15, 0.2) is 28.7 Å². The van der Waals surface area contributed by atoms with Gasteiger partial charge in [0, 0.05) is 32.0 Å². The van der Waals surface area contributed by atoms with E-state index in [-0.39, 0.29) is 29.6 Å². The Kier molecular flexibility index (Phi) is 6.44. The van der Waals surface area contributed by atoms with Crippen LogP contribution in [-0.2, 0) is 9.84 Å². The molecule has 3 aliphatic rings. The minimum absolute atomic E-state index is 0.123. The minimum Gasteiger partial charge on any atom is -0.504 e. The van der Waals surface area contributed by atoms with Crippen molar-refractivity contribution in [2.24, 2.45) is 0 Å². The van der Waals surface area contributed by atoms with Gasteiger partial charge in [0.2, 0.25) is 14.8 Å². The highest BCUT2D eigenvalue weighted by molar-refractivity contribution is 7.92. The summed E-state index contributed by atoms with van der Waals surface area (Å²) in [7, 11) is -4.61. The Hall–Kier alpha value is -1.84. The normalized spacial score (nSPS) is 24.0. The van der Waals surface area contributed by atoms with Gasteiger partial charge < -0.3 is 20.6 Å². The molecule has 7 nitrogen and oxygen atoms in total. The molecule has 4 rings (SSSR count). The summed E-state index contributed by atoms with van der Waals surface area (Å²) in [5.74, 6) is -0.746. The predicted molar refractivity (Wildman–Crippen MR) is 122 cm³/mol. The molecule has 1 aromatic rings. The maximum Gasteiger partial charge on any atom is 0.319 e. The molecule has 1 atom stereocenters. The van der Waals surface area contributed by atoms with Gasteiger partial charge in [0.15, 0.2) is 5.75 Å². The number of phenols is 1. The number of piperidine rings is 1. The number of alkyl halides is 1. The highest BCUT2D eigenvalue weighted by Crippen LogP contribution is 2.46. The molecule has 0 aromatic heterocycles. The maximum absolute atomic E-state index is 15.8. The molecule has 0 radical (unpaired) electrons. The van der Waals surface area contributed by atoms with E-state index >= 15 is 4.39 Å². The molecule has 1 aromatic carbocycles. The van der Waals surface area contributed by atoms with Gasteiger partial charge in [0.05, 0.1) is 16.8 Å². The Labute approximate surface area is 192 Å². The van der Waals surface area contributed by atoms with Crippen molar-refractivity contribution in [1.82, 2.24) is 10.2 Å². The van der Waals surface area contributed by atoms with Gasteiger partial charge in [-0.2, -0.15) is 0 Å². The molecule has 1 heterocycles. The molecule has 1 saturated heterocycles. The molecule has 1 saturated carbocycles. The van der Waals surface area contributed by atoms with Gasteiger partial charge in [-0.05, 0) is 44.7 Å². The maximum atomic E-state index is 15.8. The molecule has 10 heteroatoms. The second kappa shape index (κ2) is 8.83. The zero-order valence-corrected chi connectivity index (χ0v) is 19.6. The summed E-state index contributed by atoms with van der Waals surface area (Å²) in [4.78, 5) is 13.9. The van der Waals surface area contributed by atoms with E-state index in [1.165, 1.54) is 12.1 Å². The van der Waals surface area contributed by atoms with Crippen molar-refractivity contribution in [3.05, 3.63) is 28.8 Å². The van der Waals surface area contributed by atoms with Crippen molar-refractivity contribution in [2.45, 2.75) is 73.8 Å². The van der Waals surface area contributed by atoms with Gasteiger partial charge >= 0.3 is 6.03 Å². The average molecular weight is 486 g/mol. The number of urea groups is 1. The number of nitrogens with one attached hydrogen (secondary N) is 2. The summed E-state index contributed by atoms with van der Waals surface area (Å²) < 4.78 is 42.4. The van der Waals surface area contributed by atoms with Gasteiger partial charge in [-0.25, -0.2) is 17.6 Å². The number of anilines is 1. The molecule has 2 aliphatic carbocycles. The lowest BCUT2D eigenvalue weighted by Gasteiger charge is -2.43. The van der Waals surface area contributed by atoms with Gasteiger partial charge in [-0.3, -0.25) is 0 Å². The number of benzene rings is 1. The Morgan fingerprint density at radius 1 is 1.25 bits per heavy atom. The monoisotopic (exact) mass is 485 g/mol. The van der Waals surface area contributed by atoms with Crippen LogP contribution in [-0.4, -0.2) is 54.6 Å². The Bertz CT molecular complexity index is 1030. The molecule has 2 fully saturated rings. The highest BCUT2D eigenvalue weighted by Gasteiger charge is 2.50. The summed E-state index contributed by atoms with van der Waals surface area (Å²) in [5.41, 5.74) is 0.900. The van der Waals surface area contributed by atoms with Crippen molar-refractivity contribution in [3.8, 4) is 5.75 Å². The van der Waals surface area contributed by atoms with Gasteiger partial charge in [0.25, 0.3) is 0 Å². The van der Waals surface area contributed by atoms with E-state index in [4.69, 9.17) is 11.6 Å². The molecule has 0 spiro atoms. The van der Waals surface area contributed by atoms with E-state index in [9.17, 15) is 18.3 Å². The third-order valence-corrected chi connectivity index (χ3v) is 9.74. The number of nitrogens with zero attached hydrogens (tertiary/aromatic N) is 1. The number of phenolic OH excluding ortho intramolecular Hbond substituents is 1. The van der Waals surface area contributed by atoms with Crippen LogP contribution >= 0.6 is 11.6 Å². The average Bonchev–Trinajstić information content (AvgIpc) is 3.09. The van der Waals surface area contributed by atoms with Crippen LogP contribution in [0.1, 0.15) is 51.9 Å². The smallest absolute Gasteiger partial charge is 0.319 e. The van der Waals surface area contributed by atoms with Gasteiger partial charge in [0.1, 0.15) is 4.90 Å². The zero-order valence-electron chi connectivity index (χ0n) is 18.0. The lowest BCUT2D eigenvalue weighted by atomic mass is 9.90. The van der Waals surface area contributed by atoms with Crippen LogP contribution in [0.4, 0.5) is 14.9 Å². The Balaban J connectivity index is 1.53. The summed E-state index contributed by atoms with van der Waals surface area (Å²) in [6.07, 6.45) is 6.56. The minimum atomic E-state index is -4.61. The van der Waals surface area contributed by atoms with Crippen molar-refractivity contribution in [2.75, 3.05) is 18.4 Å². The summed E-state index contributed by atoms with van der Waals surface area (Å²) in [6, 6.07) is 2.25. The molecular formula is C22H29ClFN3O4S. The number of allylic oxidation sites excluding steroid dienone is 1. The first-order valence-electron chi connectivity index (χ1n) is 11.1. The van der Waals surface area contributed by atoms with E-state index in [0.29, 0.717) is 19.1 Å². The molecule has 1 aliphatic heterocycles. The third-order valence-electron chi connectivity index (χ3n) is 6.99. The molecule has 176 valence electrons. The van der Waals surface area contributed by atoms with Crippen LogP contribution in [0.2, 0.25) is 5.02 Å². The first-order valence-corrected chi connectivity index (χ1v) is 12.9. The first kappa shape index (κ1) is 23.3. The number of carbonyl (C=O) groups is 1. The molecule has 0 bridgehead atoms. The summed E-state index contributed by atoms with van der Waals surface area (Å²) in [5, 5.41) is 13.2. The topological polar surface area (TPSA) is 98.7 Å². The van der Waals surface area contributed by atoms with Crippen molar-refractivity contribution in [1.29, 1.82) is 0 Å². The van der Waals surface area contributed by atoms with E-state index in [2.05, 4.69) is 15.5 Å². The quantitative estimate of drug-likeness (QED) is 0.425. The fourth-order valence-corrected chi connectivity index (χ4v) is 6.91. The molecule has 1 unspecified atom stereocenters. The number of hydrogen-bond acceptors (Lipinski definition) is 5. The number of halogens is 2. The van der Waals surface area contributed by atoms with Crippen LogP contribution in [0.25, 0.3) is 0 Å². The van der Waals surface area contributed by atoms with Crippen molar-refractivity contribution < 1.29 is 22.7 Å². The fraction of sp³-hybridized carbons (Fsp3) is 0.591. The molecule has 3 N–H and O–H groups in total. The Morgan fingerprint density at radius 3 is 2.50 bits per heavy atom. The van der Waals surface area contributed by atoms with Crippen molar-refractivity contribution >= 4 is 33.2 Å². The van der Waals surface area contributed by atoms with E-state index < -0.39 is 31.5 Å². The first-order chi connectivity index (χ1) is 15.1. The van der Waals surface area contributed by atoms with Crippen LogP contribution in [0.3, 0.4) is 0 Å². The number of likely N-dealkylation sites (tertiary alicyclic amines) is 1. The molecule has 32 heavy (non-hydrogen) atoms. The standard InChI is InChI=1S/C22H29ClFN3O4S/c1-14-4-2-7-17(14)25-21(29)26-18-9-8-16(23)20(19(18)28)32(30,31)22(24)10-12-27(13-11-22)15-5-3-6-15/h4,8-9,15,17,28H,2-3,5-7,10-13H2,1H3,(H2,25,26,29). The summed E-state index contributed by atoms with van der Waals surface area (Å²) >= 11 is 6.12. The number of amides is 2. The van der Waals surface area contributed by atoms with Gasteiger partial charge in [-0.15, -0.1) is 0 Å². The second-order valence-corrected chi connectivity index (χ2v) is 11.5. The zero-order chi connectivity index (χ0) is 23.1. The fourth-order valence-electron chi connectivity index (χ4n) is 4.68. The van der Waals surface area contributed by atoms with Crippen LogP contribution < -0.4 is 10.6 Å². The second-order valence-electron chi connectivity index (χ2n) is 8.96. The number of carbonyl (C=O) groups excluding carboxylic acids is 1. The lowest BCUT2D eigenvalue weighted by Crippen LogP contribution is -2.51. The number of hydrogen-bond donors (Lipinski definition) is 3. The highest BCUT2D eigenvalue weighted by atomic mass is 35.5. The van der Waals surface area contributed by atoms with Crippen LogP contribution in [0.5, 0.6) is 5.75 Å². The summed E-state index contributed by atoms with van der Waals surface area (Å²) in [6.45, 7) is 2.60. The SMILES string of the molecule is CC1=CCCC1NC(=O)Nc1ccc(Cl)c(S(=O)(=O)C2(F)CCN(C3CCC3)CC2)c1O. The van der Waals surface area contributed by atoms with Crippen molar-refractivity contribution in [3.63, 3.8) is 0 Å². The number of rotatable bonds is 5. The third kappa shape index (κ3) is 4.22. The predicted octanol–water partition coefficient (Wildman–Crippen LogP) is 4.36. The molecular weight excluding hydrogens is 457 g/mol. The number of sulfone groups is 1. The largest absolute Gasteiger partial charge is 0.504 e. The van der Waals surface area contributed by atoms with Gasteiger partial charge in [-0.1, -0.05) is 29.7 Å². The Morgan fingerprint density at radius 2 is 1.94 bits per heavy atom. The lowest BCUT2D eigenvalue weighted by molar-refractivity contribution is 0.0566. The van der Waals surface area contributed by atoms with E-state index in [1.807, 2.05) is 13.0 Å². The van der Waals surface area contributed by atoms with E-state index in [1.54, 1.807) is 0 Å². The molecule has 2 amide bonds. The van der Waals surface area contributed by atoms with Crippen LogP contribution in [0, 0.1) is 0 Å².